The second-order valence-corrected chi connectivity index (χ2v) is 8.38. The van der Waals surface area contributed by atoms with Gasteiger partial charge >= 0.3 is 11.8 Å². The van der Waals surface area contributed by atoms with Crippen LogP contribution in [0.4, 0.5) is 11.4 Å². The zero-order valence-corrected chi connectivity index (χ0v) is 21.3. The van der Waals surface area contributed by atoms with Gasteiger partial charge in [-0.1, -0.05) is 18.2 Å². The van der Waals surface area contributed by atoms with Gasteiger partial charge in [0.2, 0.25) is 0 Å². The molecular weight excluding hydrogens is 472 g/mol. The van der Waals surface area contributed by atoms with Crippen LogP contribution in [0.2, 0.25) is 0 Å². The molecule has 37 heavy (non-hydrogen) atoms. The van der Waals surface area contributed by atoms with E-state index in [1.807, 2.05) is 52.0 Å². The quantitative estimate of drug-likeness (QED) is 0.231. The van der Waals surface area contributed by atoms with Crippen molar-refractivity contribution in [3.05, 3.63) is 82.9 Å². The number of nitrogens with one attached hydrogen (secondary N) is 3. The molecule has 3 aromatic rings. The van der Waals surface area contributed by atoms with Crippen LogP contribution in [-0.2, 0) is 14.4 Å². The van der Waals surface area contributed by atoms with Crippen molar-refractivity contribution in [3.63, 3.8) is 0 Å². The Morgan fingerprint density at radius 2 is 1.51 bits per heavy atom. The zero-order valence-electron chi connectivity index (χ0n) is 21.3. The maximum atomic E-state index is 12.4. The minimum absolute atomic E-state index is 0.202. The molecule has 0 aliphatic heterocycles. The number of hydrazone groups is 1. The monoisotopic (exact) mass is 502 g/mol. The standard InChI is InChI=1S/C28H30N4O5/c1-5-36-25-15-21(16-29-32-28(35)27(34)31-22-8-6-7-18(2)12-22)9-10-24(25)37-17-26(33)30-23-13-19(3)11-20(4)14-23/h6-16H,5,17H2,1-4H3,(H,30,33)(H,31,34)(H,32,35)/b29-16-. The van der Waals surface area contributed by atoms with E-state index in [1.54, 1.807) is 36.4 Å². The maximum Gasteiger partial charge on any atom is 0.329 e. The molecule has 0 saturated carbocycles. The molecule has 0 heterocycles. The molecule has 3 aromatic carbocycles. The molecule has 192 valence electrons. The Balaban J connectivity index is 1.56. The summed E-state index contributed by atoms with van der Waals surface area (Å²) in [5.41, 5.74) is 7.07. The third-order valence-corrected chi connectivity index (χ3v) is 4.99. The molecule has 0 aromatic heterocycles. The van der Waals surface area contributed by atoms with E-state index >= 15 is 0 Å². The highest BCUT2D eigenvalue weighted by atomic mass is 16.5. The van der Waals surface area contributed by atoms with Gasteiger partial charge in [0.05, 0.1) is 12.8 Å². The maximum absolute atomic E-state index is 12.4. The molecule has 9 nitrogen and oxygen atoms in total. The number of ether oxygens (including phenoxy) is 2. The van der Waals surface area contributed by atoms with Crippen molar-refractivity contribution in [1.29, 1.82) is 0 Å². The SMILES string of the molecule is CCOc1cc(/C=N\NC(=O)C(=O)Nc2cccc(C)c2)ccc1OCC(=O)Nc1cc(C)cc(C)c1. The van der Waals surface area contributed by atoms with Crippen molar-refractivity contribution in [2.45, 2.75) is 27.7 Å². The highest BCUT2D eigenvalue weighted by Gasteiger charge is 2.13. The van der Waals surface area contributed by atoms with Gasteiger partial charge in [-0.25, -0.2) is 5.43 Å². The lowest BCUT2D eigenvalue weighted by Gasteiger charge is -2.13. The summed E-state index contributed by atoms with van der Waals surface area (Å²) in [4.78, 5) is 36.5. The van der Waals surface area contributed by atoms with Crippen molar-refractivity contribution < 1.29 is 23.9 Å². The minimum Gasteiger partial charge on any atom is -0.490 e. The predicted molar refractivity (Wildman–Crippen MR) is 143 cm³/mol. The highest BCUT2D eigenvalue weighted by Crippen LogP contribution is 2.28. The smallest absolute Gasteiger partial charge is 0.329 e. The lowest BCUT2D eigenvalue weighted by molar-refractivity contribution is -0.136. The summed E-state index contributed by atoms with van der Waals surface area (Å²) in [6.07, 6.45) is 1.37. The van der Waals surface area contributed by atoms with Crippen molar-refractivity contribution in [2.75, 3.05) is 23.8 Å². The fourth-order valence-electron chi connectivity index (χ4n) is 3.51. The first-order valence-corrected chi connectivity index (χ1v) is 11.7. The van der Waals surface area contributed by atoms with Crippen molar-refractivity contribution in [1.82, 2.24) is 5.43 Å². The Morgan fingerprint density at radius 1 is 0.784 bits per heavy atom. The van der Waals surface area contributed by atoms with E-state index in [9.17, 15) is 14.4 Å². The van der Waals surface area contributed by atoms with Crippen LogP contribution in [0.15, 0.2) is 65.8 Å². The van der Waals surface area contributed by atoms with Crippen LogP contribution in [0, 0.1) is 20.8 Å². The summed E-state index contributed by atoms with van der Waals surface area (Å²) in [5.74, 6) is -1.24. The molecule has 3 rings (SSSR count). The van der Waals surface area contributed by atoms with Crippen molar-refractivity contribution in [2.24, 2.45) is 5.10 Å². The van der Waals surface area contributed by atoms with Gasteiger partial charge in [-0.15, -0.1) is 0 Å². The van der Waals surface area contributed by atoms with Crippen LogP contribution < -0.4 is 25.5 Å². The molecule has 9 heteroatoms. The van der Waals surface area contributed by atoms with Gasteiger partial charge in [0.1, 0.15) is 0 Å². The average Bonchev–Trinajstić information content (AvgIpc) is 2.83. The van der Waals surface area contributed by atoms with Crippen LogP contribution in [0.3, 0.4) is 0 Å². The van der Waals surface area contributed by atoms with Gasteiger partial charge in [-0.2, -0.15) is 5.10 Å². The molecule has 3 amide bonds. The molecular formula is C28H30N4O5. The second kappa shape index (κ2) is 12.9. The third kappa shape index (κ3) is 8.50. The molecule has 0 atom stereocenters. The average molecular weight is 503 g/mol. The fraction of sp³-hybridized carbons (Fsp3) is 0.214. The molecule has 0 bridgehead atoms. The first-order chi connectivity index (χ1) is 17.7. The Bertz CT molecular complexity index is 1300. The first kappa shape index (κ1) is 26.9. The van der Waals surface area contributed by atoms with Gasteiger partial charge in [0.15, 0.2) is 18.1 Å². The van der Waals surface area contributed by atoms with Gasteiger partial charge in [-0.05, 0) is 92.4 Å². The number of benzene rings is 3. The predicted octanol–water partition coefficient (Wildman–Crippen LogP) is 4.12. The van der Waals surface area contributed by atoms with Crippen LogP contribution in [0.1, 0.15) is 29.2 Å². The Labute approximate surface area is 215 Å². The lowest BCUT2D eigenvalue weighted by Crippen LogP contribution is -2.32. The van der Waals surface area contributed by atoms with E-state index in [0.717, 1.165) is 16.7 Å². The highest BCUT2D eigenvalue weighted by molar-refractivity contribution is 6.39. The summed E-state index contributed by atoms with van der Waals surface area (Å²) < 4.78 is 11.3. The zero-order chi connectivity index (χ0) is 26.8. The molecule has 3 N–H and O–H groups in total. The van der Waals surface area contributed by atoms with Gasteiger partial charge in [0.25, 0.3) is 5.91 Å². The number of carbonyl (C=O) groups excluding carboxylic acids is 3. The number of hydrogen-bond donors (Lipinski definition) is 3. The molecule has 0 fully saturated rings. The minimum atomic E-state index is -0.905. The van der Waals surface area contributed by atoms with E-state index in [4.69, 9.17) is 9.47 Å². The molecule has 0 saturated heterocycles. The lowest BCUT2D eigenvalue weighted by atomic mass is 10.1. The fourth-order valence-corrected chi connectivity index (χ4v) is 3.51. The Kier molecular flexibility index (Phi) is 9.37. The van der Waals surface area contributed by atoms with E-state index < -0.39 is 11.8 Å². The molecule has 0 spiro atoms. The van der Waals surface area contributed by atoms with Crippen LogP contribution >= 0.6 is 0 Å². The second-order valence-electron chi connectivity index (χ2n) is 8.38. The molecule has 0 unspecified atom stereocenters. The number of amides is 3. The number of rotatable bonds is 9. The third-order valence-electron chi connectivity index (χ3n) is 4.99. The van der Waals surface area contributed by atoms with Gasteiger partial charge < -0.3 is 20.1 Å². The van der Waals surface area contributed by atoms with E-state index in [2.05, 4.69) is 21.2 Å². The van der Waals surface area contributed by atoms with E-state index in [-0.39, 0.29) is 12.5 Å². The molecule has 0 aliphatic rings. The van der Waals surface area contributed by atoms with Crippen LogP contribution in [0.25, 0.3) is 0 Å². The van der Waals surface area contributed by atoms with Crippen molar-refractivity contribution >= 4 is 35.3 Å². The Hall–Kier alpha value is -4.66. The van der Waals surface area contributed by atoms with E-state index in [0.29, 0.717) is 35.0 Å². The van der Waals surface area contributed by atoms with Crippen LogP contribution in [0.5, 0.6) is 11.5 Å². The van der Waals surface area contributed by atoms with Gasteiger partial charge in [-0.3, -0.25) is 14.4 Å². The number of carbonyl (C=O) groups is 3. The summed E-state index contributed by atoms with van der Waals surface area (Å²) >= 11 is 0. The number of anilines is 2. The van der Waals surface area contributed by atoms with Gasteiger partial charge in [0, 0.05) is 11.4 Å². The summed E-state index contributed by atoms with van der Waals surface area (Å²) in [6.45, 7) is 7.81. The van der Waals surface area contributed by atoms with Crippen LogP contribution in [-0.4, -0.2) is 37.1 Å². The Morgan fingerprint density at radius 3 is 2.22 bits per heavy atom. The molecule has 0 radical (unpaired) electrons. The normalized spacial score (nSPS) is 10.6. The summed E-state index contributed by atoms with van der Waals surface area (Å²) in [7, 11) is 0. The summed E-state index contributed by atoms with van der Waals surface area (Å²) in [5, 5.41) is 9.18. The van der Waals surface area contributed by atoms with Crippen molar-refractivity contribution in [3.8, 4) is 11.5 Å². The topological polar surface area (TPSA) is 118 Å². The number of nitrogens with zero attached hydrogens (tertiary/aromatic N) is 1. The number of hydrogen-bond acceptors (Lipinski definition) is 6. The first-order valence-electron chi connectivity index (χ1n) is 11.7. The molecule has 0 aliphatic carbocycles. The van der Waals surface area contributed by atoms with E-state index in [1.165, 1.54) is 6.21 Å². The largest absolute Gasteiger partial charge is 0.490 e. The summed E-state index contributed by atoms with van der Waals surface area (Å²) in [6, 6.07) is 17.9. The number of aryl methyl sites for hydroxylation is 3.